The molecule has 0 saturated carbocycles. The Bertz CT molecular complexity index is 312. The van der Waals surface area contributed by atoms with Gasteiger partial charge >= 0.3 is 0 Å². The number of nitrogens with zero attached hydrogens (tertiary/aromatic N) is 1. The molecule has 1 aliphatic rings. The molecular formula is C14H20ClN. The van der Waals surface area contributed by atoms with Crippen LogP contribution in [-0.4, -0.2) is 23.4 Å². The van der Waals surface area contributed by atoms with Crippen LogP contribution < -0.4 is 0 Å². The summed E-state index contributed by atoms with van der Waals surface area (Å²) < 4.78 is 0. The van der Waals surface area contributed by atoms with Crippen molar-refractivity contribution in [3.05, 3.63) is 35.9 Å². The molecule has 0 aliphatic carbocycles. The van der Waals surface area contributed by atoms with E-state index in [4.69, 9.17) is 11.6 Å². The van der Waals surface area contributed by atoms with E-state index < -0.39 is 0 Å². The second-order valence-corrected chi connectivity index (χ2v) is 5.20. The van der Waals surface area contributed by atoms with Crippen LogP contribution in [0.25, 0.3) is 0 Å². The van der Waals surface area contributed by atoms with Gasteiger partial charge in [-0.05, 0) is 30.9 Å². The lowest BCUT2D eigenvalue weighted by Crippen LogP contribution is -2.42. The Balaban J connectivity index is 1.98. The van der Waals surface area contributed by atoms with Gasteiger partial charge in [-0.2, -0.15) is 0 Å². The second kappa shape index (κ2) is 5.70. The van der Waals surface area contributed by atoms with Crippen molar-refractivity contribution in [2.45, 2.75) is 32.4 Å². The SMILES string of the molecule is CC1CCN(Cc2ccccc2)C(CCl)C1. The maximum Gasteiger partial charge on any atom is 0.0379 e. The second-order valence-electron chi connectivity index (χ2n) is 4.89. The fraction of sp³-hybridized carbons (Fsp3) is 0.571. The molecule has 1 nitrogen and oxygen atoms in total. The summed E-state index contributed by atoms with van der Waals surface area (Å²) in [7, 11) is 0. The quantitative estimate of drug-likeness (QED) is 0.727. The molecule has 1 aromatic carbocycles. The lowest BCUT2D eigenvalue weighted by Gasteiger charge is -2.37. The summed E-state index contributed by atoms with van der Waals surface area (Å²) in [5.41, 5.74) is 1.40. The molecule has 0 spiro atoms. The molecule has 16 heavy (non-hydrogen) atoms. The molecule has 0 N–H and O–H groups in total. The summed E-state index contributed by atoms with van der Waals surface area (Å²) in [4.78, 5) is 2.53. The van der Waals surface area contributed by atoms with E-state index in [1.54, 1.807) is 0 Å². The van der Waals surface area contributed by atoms with Crippen LogP contribution in [0.1, 0.15) is 25.3 Å². The first kappa shape index (κ1) is 11.9. The summed E-state index contributed by atoms with van der Waals surface area (Å²) in [5.74, 6) is 1.59. The summed E-state index contributed by atoms with van der Waals surface area (Å²) >= 11 is 6.06. The van der Waals surface area contributed by atoms with Crippen molar-refractivity contribution >= 4 is 11.6 Å². The Morgan fingerprint density at radius 1 is 1.31 bits per heavy atom. The Labute approximate surface area is 103 Å². The van der Waals surface area contributed by atoms with Crippen LogP contribution in [0.5, 0.6) is 0 Å². The van der Waals surface area contributed by atoms with Gasteiger partial charge < -0.3 is 0 Å². The zero-order valence-corrected chi connectivity index (χ0v) is 10.7. The van der Waals surface area contributed by atoms with Gasteiger partial charge in [-0.25, -0.2) is 0 Å². The average molecular weight is 238 g/mol. The molecule has 2 heteroatoms. The van der Waals surface area contributed by atoms with Crippen LogP contribution >= 0.6 is 11.6 Å². The average Bonchev–Trinajstić information content (AvgIpc) is 2.33. The van der Waals surface area contributed by atoms with E-state index in [1.165, 1.54) is 24.9 Å². The van der Waals surface area contributed by atoms with Crippen LogP contribution in [-0.2, 0) is 6.54 Å². The van der Waals surface area contributed by atoms with Crippen LogP contribution in [0.15, 0.2) is 30.3 Å². The van der Waals surface area contributed by atoms with E-state index in [0.717, 1.165) is 18.3 Å². The maximum atomic E-state index is 6.06. The standard InChI is InChI=1S/C14H20ClN/c1-12-7-8-16(14(9-12)10-15)11-13-5-3-2-4-6-13/h2-6,12,14H,7-11H2,1H3. The van der Waals surface area contributed by atoms with Crippen LogP contribution in [0.4, 0.5) is 0 Å². The zero-order chi connectivity index (χ0) is 11.4. The molecule has 0 aromatic heterocycles. The Morgan fingerprint density at radius 3 is 2.75 bits per heavy atom. The number of halogens is 1. The van der Waals surface area contributed by atoms with Gasteiger partial charge in [-0.3, -0.25) is 4.90 Å². The predicted molar refractivity (Wildman–Crippen MR) is 69.8 cm³/mol. The number of benzene rings is 1. The molecule has 0 bridgehead atoms. The first-order valence-electron chi connectivity index (χ1n) is 6.13. The predicted octanol–water partition coefficient (Wildman–Crippen LogP) is 3.53. The molecule has 0 radical (unpaired) electrons. The normalized spacial score (nSPS) is 26.9. The molecule has 2 unspecified atom stereocenters. The highest BCUT2D eigenvalue weighted by Gasteiger charge is 2.25. The van der Waals surface area contributed by atoms with E-state index in [0.29, 0.717) is 6.04 Å². The van der Waals surface area contributed by atoms with Gasteiger partial charge in [-0.1, -0.05) is 37.3 Å². The topological polar surface area (TPSA) is 3.24 Å². The summed E-state index contributed by atoms with van der Waals surface area (Å²) in [6, 6.07) is 11.2. The Morgan fingerprint density at radius 2 is 2.06 bits per heavy atom. The van der Waals surface area contributed by atoms with Gasteiger partial charge in [0.1, 0.15) is 0 Å². The molecule has 2 atom stereocenters. The highest BCUT2D eigenvalue weighted by molar-refractivity contribution is 6.18. The molecular weight excluding hydrogens is 218 g/mol. The van der Waals surface area contributed by atoms with E-state index in [1.807, 2.05) is 0 Å². The number of piperidine rings is 1. The van der Waals surface area contributed by atoms with Gasteiger partial charge in [-0.15, -0.1) is 11.6 Å². The Kier molecular flexibility index (Phi) is 4.25. The van der Waals surface area contributed by atoms with Crippen molar-refractivity contribution in [1.29, 1.82) is 0 Å². The van der Waals surface area contributed by atoms with Crippen molar-refractivity contribution in [3.63, 3.8) is 0 Å². The highest BCUT2D eigenvalue weighted by Crippen LogP contribution is 2.24. The zero-order valence-electron chi connectivity index (χ0n) is 9.90. The fourth-order valence-electron chi connectivity index (χ4n) is 2.49. The first-order chi connectivity index (χ1) is 7.79. The molecule has 0 amide bonds. The minimum atomic E-state index is 0.561. The van der Waals surface area contributed by atoms with Crippen LogP contribution in [0.2, 0.25) is 0 Å². The number of hydrogen-bond donors (Lipinski definition) is 0. The molecule has 88 valence electrons. The molecule has 1 heterocycles. The Hall–Kier alpha value is -0.530. The number of alkyl halides is 1. The lowest BCUT2D eigenvalue weighted by molar-refractivity contribution is 0.124. The first-order valence-corrected chi connectivity index (χ1v) is 6.67. The highest BCUT2D eigenvalue weighted by atomic mass is 35.5. The van der Waals surface area contributed by atoms with E-state index >= 15 is 0 Å². The molecule has 1 aromatic rings. The van der Waals surface area contributed by atoms with Crippen molar-refractivity contribution in [2.75, 3.05) is 12.4 Å². The minimum absolute atomic E-state index is 0.561. The lowest BCUT2D eigenvalue weighted by atomic mass is 9.93. The largest absolute Gasteiger partial charge is 0.295 e. The third-order valence-electron chi connectivity index (χ3n) is 3.51. The number of rotatable bonds is 3. The smallest absolute Gasteiger partial charge is 0.0379 e. The van der Waals surface area contributed by atoms with Gasteiger partial charge in [0.15, 0.2) is 0 Å². The fourth-order valence-corrected chi connectivity index (χ4v) is 2.81. The van der Waals surface area contributed by atoms with Crippen molar-refractivity contribution in [3.8, 4) is 0 Å². The van der Waals surface area contributed by atoms with Crippen LogP contribution in [0.3, 0.4) is 0 Å². The number of likely N-dealkylation sites (tertiary alicyclic amines) is 1. The van der Waals surface area contributed by atoms with Crippen molar-refractivity contribution in [1.82, 2.24) is 4.90 Å². The van der Waals surface area contributed by atoms with Gasteiger partial charge in [0.05, 0.1) is 0 Å². The van der Waals surface area contributed by atoms with Gasteiger partial charge in [0.2, 0.25) is 0 Å². The molecule has 1 saturated heterocycles. The summed E-state index contributed by atoms with van der Waals surface area (Å²) in [6.45, 7) is 4.57. The molecule has 1 aliphatic heterocycles. The van der Waals surface area contributed by atoms with E-state index in [2.05, 4.69) is 42.2 Å². The van der Waals surface area contributed by atoms with E-state index in [-0.39, 0.29) is 0 Å². The number of hydrogen-bond acceptors (Lipinski definition) is 1. The third kappa shape index (κ3) is 2.99. The van der Waals surface area contributed by atoms with Crippen molar-refractivity contribution in [2.24, 2.45) is 5.92 Å². The summed E-state index contributed by atoms with van der Waals surface area (Å²) in [5, 5.41) is 0. The van der Waals surface area contributed by atoms with Crippen molar-refractivity contribution < 1.29 is 0 Å². The van der Waals surface area contributed by atoms with Gasteiger partial charge in [0.25, 0.3) is 0 Å². The monoisotopic (exact) mass is 237 g/mol. The summed E-state index contributed by atoms with van der Waals surface area (Å²) in [6.07, 6.45) is 2.55. The minimum Gasteiger partial charge on any atom is -0.295 e. The third-order valence-corrected chi connectivity index (χ3v) is 3.86. The molecule has 2 rings (SSSR count). The van der Waals surface area contributed by atoms with E-state index in [9.17, 15) is 0 Å². The van der Waals surface area contributed by atoms with Gasteiger partial charge in [0, 0.05) is 18.5 Å². The maximum absolute atomic E-state index is 6.06. The van der Waals surface area contributed by atoms with Crippen LogP contribution in [0, 0.1) is 5.92 Å². The molecule has 1 fully saturated rings.